The lowest BCUT2D eigenvalue weighted by atomic mass is 10.2. The summed E-state index contributed by atoms with van der Waals surface area (Å²) in [6, 6.07) is 7.42. The van der Waals surface area contributed by atoms with E-state index < -0.39 is 10.0 Å². The first kappa shape index (κ1) is 13.6. The van der Waals surface area contributed by atoms with Crippen molar-refractivity contribution in [2.45, 2.75) is 25.8 Å². The third-order valence-corrected chi connectivity index (χ3v) is 4.64. The van der Waals surface area contributed by atoms with E-state index in [1.165, 1.54) is 10.5 Å². The molecule has 0 saturated heterocycles. The first-order valence-corrected chi connectivity index (χ1v) is 7.50. The molecule has 0 atom stereocenters. The van der Waals surface area contributed by atoms with E-state index in [0.717, 1.165) is 5.56 Å². The number of aryl methyl sites for hydroxylation is 2. The van der Waals surface area contributed by atoms with Gasteiger partial charge in [-0.05, 0) is 38.5 Å². The summed E-state index contributed by atoms with van der Waals surface area (Å²) in [5.74, 6) is 0.582. The molecule has 2 aromatic rings. The van der Waals surface area contributed by atoms with Gasteiger partial charge >= 0.3 is 0 Å². The molecule has 0 radical (unpaired) electrons. The Kier molecular flexibility index (Phi) is 3.61. The molecule has 102 valence electrons. The molecule has 1 aromatic heterocycles. The van der Waals surface area contributed by atoms with E-state index in [9.17, 15) is 8.42 Å². The van der Waals surface area contributed by atoms with Crippen LogP contribution in [0.25, 0.3) is 0 Å². The van der Waals surface area contributed by atoms with Crippen molar-refractivity contribution in [3.05, 3.63) is 41.9 Å². The van der Waals surface area contributed by atoms with Crippen molar-refractivity contribution in [1.29, 1.82) is 0 Å². The van der Waals surface area contributed by atoms with E-state index in [1.807, 2.05) is 32.0 Å². The van der Waals surface area contributed by atoms with Crippen molar-refractivity contribution >= 4 is 15.7 Å². The molecule has 1 N–H and O–H groups in total. The third kappa shape index (κ3) is 2.63. The monoisotopic (exact) mass is 279 g/mol. The molecule has 19 heavy (non-hydrogen) atoms. The third-order valence-electron chi connectivity index (χ3n) is 2.82. The van der Waals surface area contributed by atoms with Crippen LogP contribution in [0.4, 0.5) is 5.69 Å². The highest BCUT2D eigenvalue weighted by Gasteiger charge is 2.25. The molecule has 2 rings (SSSR count). The average molecular weight is 279 g/mol. The Bertz CT molecular complexity index is 677. The fourth-order valence-electron chi connectivity index (χ4n) is 1.92. The summed E-state index contributed by atoms with van der Waals surface area (Å²) in [7, 11) is -3.58. The molecule has 0 fully saturated rings. The van der Waals surface area contributed by atoms with Crippen LogP contribution in [-0.2, 0) is 10.0 Å². The average Bonchev–Trinajstić information content (AvgIpc) is 2.77. The van der Waals surface area contributed by atoms with Crippen molar-refractivity contribution in [2.75, 3.05) is 10.8 Å². The predicted octanol–water partition coefficient (Wildman–Crippen LogP) is 2.24. The minimum atomic E-state index is -3.58. The molecular formula is C13H17N3O2S. The molecule has 6 heteroatoms. The van der Waals surface area contributed by atoms with Crippen molar-refractivity contribution in [3.8, 4) is 0 Å². The van der Waals surface area contributed by atoms with Crippen LogP contribution >= 0.6 is 0 Å². The van der Waals surface area contributed by atoms with Gasteiger partial charge in [0.2, 0.25) is 0 Å². The molecule has 1 aromatic carbocycles. The van der Waals surface area contributed by atoms with Crippen LogP contribution in [0.15, 0.2) is 35.5 Å². The van der Waals surface area contributed by atoms with Crippen LogP contribution in [0, 0.1) is 13.8 Å². The Hall–Kier alpha value is -1.82. The molecule has 0 spiro atoms. The summed E-state index contributed by atoms with van der Waals surface area (Å²) < 4.78 is 26.5. The largest absolute Gasteiger partial charge is 0.332 e. The van der Waals surface area contributed by atoms with Crippen LogP contribution in [0.5, 0.6) is 0 Å². The van der Waals surface area contributed by atoms with Gasteiger partial charge in [-0.1, -0.05) is 12.1 Å². The highest BCUT2D eigenvalue weighted by Crippen LogP contribution is 2.23. The summed E-state index contributed by atoms with van der Waals surface area (Å²) in [6.45, 7) is 5.83. The van der Waals surface area contributed by atoms with Crippen LogP contribution in [0.2, 0.25) is 0 Å². The molecular weight excluding hydrogens is 262 g/mol. The second-order valence-electron chi connectivity index (χ2n) is 4.34. The number of rotatable bonds is 4. The minimum absolute atomic E-state index is 0.119. The maximum Gasteiger partial charge on any atom is 0.281 e. The Morgan fingerprint density at radius 2 is 2.05 bits per heavy atom. The Labute approximate surface area is 113 Å². The van der Waals surface area contributed by atoms with E-state index in [1.54, 1.807) is 13.0 Å². The van der Waals surface area contributed by atoms with Gasteiger partial charge in [-0.25, -0.2) is 4.98 Å². The Balaban J connectivity index is 2.47. The molecule has 0 saturated carbocycles. The zero-order chi connectivity index (χ0) is 14.0. The van der Waals surface area contributed by atoms with Crippen LogP contribution < -0.4 is 4.31 Å². The number of hydrogen-bond acceptors (Lipinski definition) is 3. The molecule has 0 amide bonds. The standard InChI is InChI=1S/C13H17N3O2S/c1-4-16(12-7-5-6-10(2)8-12)19(17,18)13-9-14-11(3)15-13/h5-9H,4H2,1-3H3,(H,14,15). The second-order valence-corrected chi connectivity index (χ2v) is 6.17. The lowest BCUT2D eigenvalue weighted by Gasteiger charge is -2.22. The predicted molar refractivity (Wildman–Crippen MR) is 74.7 cm³/mol. The molecule has 0 bridgehead atoms. The van der Waals surface area contributed by atoms with E-state index in [0.29, 0.717) is 18.1 Å². The van der Waals surface area contributed by atoms with Crippen molar-refractivity contribution in [2.24, 2.45) is 0 Å². The van der Waals surface area contributed by atoms with Gasteiger partial charge in [0, 0.05) is 6.54 Å². The first-order chi connectivity index (χ1) is 8.95. The zero-order valence-electron chi connectivity index (χ0n) is 11.2. The number of imidazole rings is 1. The number of anilines is 1. The van der Waals surface area contributed by atoms with Gasteiger partial charge in [0.05, 0.1) is 11.9 Å². The highest BCUT2D eigenvalue weighted by molar-refractivity contribution is 7.92. The molecule has 1 heterocycles. The molecule has 0 aliphatic rings. The summed E-state index contributed by atoms with van der Waals surface area (Å²) in [4.78, 5) is 6.72. The van der Waals surface area contributed by atoms with Gasteiger partial charge in [0.25, 0.3) is 10.0 Å². The number of benzene rings is 1. The molecule has 0 unspecified atom stereocenters. The SMILES string of the molecule is CCN(c1cccc(C)c1)S(=O)(=O)c1cnc(C)[nH]1. The first-order valence-electron chi connectivity index (χ1n) is 6.06. The summed E-state index contributed by atoms with van der Waals surface area (Å²) >= 11 is 0. The maximum atomic E-state index is 12.5. The molecule has 5 nitrogen and oxygen atoms in total. The van der Waals surface area contributed by atoms with E-state index >= 15 is 0 Å². The van der Waals surface area contributed by atoms with Gasteiger partial charge in [-0.15, -0.1) is 0 Å². The highest BCUT2D eigenvalue weighted by atomic mass is 32.2. The van der Waals surface area contributed by atoms with Crippen LogP contribution in [-0.4, -0.2) is 24.9 Å². The van der Waals surface area contributed by atoms with Crippen LogP contribution in [0.3, 0.4) is 0 Å². The van der Waals surface area contributed by atoms with E-state index in [4.69, 9.17) is 0 Å². The van der Waals surface area contributed by atoms with E-state index in [-0.39, 0.29) is 5.03 Å². The number of nitrogens with one attached hydrogen (secondary N) is 1. The number of hydrogen-bond donors (Lipinski definition) is 1. The lowest BCUT2D eigenvalue weighted by Crippen LogP contribution is -2.31. The topological polar surface area (TPSA) is 66.1 Å². The number of nitrogens with zero attached hydrogens (tertiary/aromatic N) is 2. The quantitative estimate of drug-likeness (QED) is 0.933. The van der Waals surface area contributed by atoms with Crippen molar-refractivity contribution in [3.63, 3.8) is 0 Å². The fraction of sp³-hybridized carbons (Fsp3) is 0.308. The number of sulfonamides is 1. The summed E-state index contributed by atoms with van der Waals surface area (Å²) in [5, 5.41) is 0.119. The van der Waals surface area contributed by atoms with Crippen molar-refractivity contribution in [1.82, 2.24) is 9.97 Å². The van der Waals surface area contributed by atoms with Gasteiger partial charge in [0.15, 0.2) is 5.03 Å². The second kappa shape index (κ2) is 5.05. The Morgan fingerprint density at radius 1 is 1.32 bits per heavy atom. The Morgan fingerprint density at radius 3 is 2.58 bits per heavy atom. The summed E-state index contributed by atoms with van der Waals surface area (Å²) in [6.07, 6.45) is 1.35. The number of aromatic nitrogens is 2. The van der Waals surface area contributed by atoms with Gasteiger partial charge in [-0.3, -0.25) is 4.31 Å². The fourth-order valence-corrected chi connectivity index (χ4v) is 3.35. The van der Waals surface area contributed by atoms with Crippen molar-refractivity contribution < 1.29 is 8.42 Å². The number of H-pyrrole nitrogens is 1. The van der Waals surface area contributed by atoms with Crippen LogP contribution in [0.1, 0.15) is 18.3 Å². The molecule has 0 aliphatic carbocycles. The van der Waals surface area contributed by atoms with Gasteiger partial charge in [-0.2, -0.15) is 8.42 Å². The normalized spacial score (nSPS) is 11.5. The summed E-state index contributed by atoms with van der Waals surface area (Å²) in [5.41, 5.74) is 1.68. The zero-order valence-corrected chi connectivity index (χ0v) is 12.0. The maximum absolute atomic E-state index is 12.5. The van der Waals surface area contributed by atoms with Gasteiger partial charge < -0.3 is 4.98 Å². The van der Waals surface area contributed by atoms with Gasteiger partial charge in [0.1, 0.15) is 5.82 Å². The number of aromatic amines is 1. The molecule has 0 aliphatic heterocycles. The van der Waals surface area contributed by atoms with E-state index in [2.05, 4.69) is 9.97 Å². The lowest BCUT2D eigenvalue weighted by molar-refractivity contribution is 0.588. The smallest absolute Gasteiger partial charge is 0.281 e. The minimum Gasteiger partial charge on any atom is -0.332 e.